The predicted molar refractivity (Wildman–Crippen MR) is 101 cm³/mol. The minimum Gasteiger partial charge on any atom is -0.465 e. The van der Waals surface area contributed by atoms with Crippen molar-refractivity contribution >= 4 is 34.9 Å². The Kier molecular flexibility index (Phi) is 6.43. The molecule has 0 unspecified atom stereocenters. The standard InChI is InChI=1S/C20H20N2O5/c1-13(23)15-7-6-8-16(11-15)22(14(2)24)12-19(25)21-18-10-5-4-9-17(18)20(26)27-3/h4-11H,12H2,1-3H3,(H,21,25). The molecule has 7 nitrogen and oxygen atoms in total. The van der Waals surface area contributed by atoms with Crippen molar-refractivity contribution in [3.63, 3.8) is 0 Å². The molecule has 0 radical (unpaired) electrons. The lowest BCUT2D eigenvalue weighted by atomic mass is 10.1. The lowest BCUT2D eigenvalue weighted by Gasteiger charge is -2.21. The summed E-state index contributed by atoms with van der Waals surface area (Å²) in [5.41, 5.74) is 1.37. The molecule has 2 rings (SSSR count). The van der Waals surface area contributed by atoms with Gasteiger partial charge in [-0.3, -0.25) is 14.4 Å². The van der Waals surface area contributed by atoms with Crippen molar-refractivity contribution in [1.29, 1.82) is 0 Å². The molecule has 0 aliphatic carbocycles. The number of Topliss-reactive ketones (excluding diaryl/α,β-unsaturated/α-hetero) is 1. The van der Waals surface area contributed by atoms with Crippen molar-refractivity contribution in [2.45, 2.75) is 13.8 Å². The van der Waals surface area contributed by atoms with Gasteiger partial charge in [0.25, 0.3) is 0 Å². The van der Waals surface area contributed by atoms with Gasteiger partial charge < -0.3 is 15.0 Å². The molecule has 0 aliphatic rings. The molecule has 0 aliphatic heterocycles. The van der Waals surface area contributed by atoms with Crippen LogP contribution in [0.15, 0.2) is 48.5 Å². The van der Waals surface area contributed by atoms with Gasteiger partial charge in [-0.25, -0.2) is 4.79 Å². The van der Waals surface area contributed by atoms with Crippen LogP contribution in [0.5, 0.6) is 0 Å². The highest BCUT2D eigenvalue weighted by atomic mass is 16.5. The van der Waals surface area contributed by atoms with Crippen LogP contribution in [0.25, 0.3) is 0 Å². The second kappa shape index (κ2) is 8.75. The second-order valence-corrected chi connectivity index (χ2v) is 5.80. The molecule has 0 saturated heterocycles. The third-order valence-electron chi connectivity index (χ3n) is 3.85. The molecule has 0 atom stereocenters. The van der Waals surface area contributed by atoms with Gasteiger partial charge in [0, 0.05) is 18.2 Å². The summed E-state index contributed by atoms with van der Waals surface area (Å²) in [6, 6.07) is 12.9. The fraction of sp³-hybridized carbons (Fsp3) is 0.200. The number of amides is 2. The first kappa shape index (κ1) is 19.8. The minimum absolute atomic E-state index is 0.142. The molecule has 0 saturated carbocycles. The van der Waals surface area contributed by atoms with Crippen molar-refractivity contribution in [2.24, 2.45) is 0 Å². The zero-order valence-electron chi connectivity index (χ0n) is 15.3. The highest BCUT2D eigenvalue weighted by Gasteiger charge is 2.19. The molecule has 0 aromatic heterocycles. The number of ether oxygens (including phenoxy) is 1. The Hall–Kier alpha value is -3.48. The van der Waals surface area contributed by atoms with E-state index in [0.29, 0.717) is 11.3 Å². The van der Waals surface area contributed by atoms with E-state index in [1.54, 1.807) is 42.5 Å². The van der Waals surface area contributed by atoms with E-state index in [-0.39, 0.29) is 29.5 Å². The number of rotatable bonds is 6. The van der Waals surface area contributed by atoms with E-state index in [4.69, 9.17) is 4.74 Å². The van der Waals surface area contributed by atoms with Gasteiger partial charge in [0.1, 0.15) is 6.54 Å². The predicted octanol–water partition coefficient (Wildman–Crippen LogP) is 2.67. The number of carbonyl (C=O) groups excluding carboxylic acids is 4. The lowest BCUT2D eigenvalue weighted by molar-refractivity contribution is -0.120. The molecule has 2 aromatic rings. The molecule has 140 valence electrons. The molecule has 2 amide bonds. The number of esters is 1. The van der Waals surface area contributed by atoms with Crippen molar-refractivity contribution in [1.82, 2.24) is 0 Å². The van der Waals surface area contributed by atoms with Gasteiger partial charge in [-0.1, -0.05) is 24.3 Å². The summed E-state index contributed by atoms with van der Waals surface area (Å²) < 4.78 is 4.70. The summed E-state index contributed by atoms with van der Waals surface area (Å²) in [5.74, 6) is -1.57. The van der Waals surface area contributed by atoms with E-state index < -0.39 is 11.9 Å². The molecule has 0 spiro atoms. The highest BCUT2D eigenvalue weighted by molar-refractivity contribution is 6.05. The summed E-state index contributed by atoms with van der Waals surface area (Å²) in [6.07, 6.45) is 0. The van der Waals surface area contributed by atoms with E-state index in [0.717, 1.165) is 0 Å². The second-order valence-electron chi connectivity index (χ2n) is 5.80. The first-order chi connectivity index (χ1) is 12.8. The summed E-state index contributed by atoms with van der Waals surface area (Å²) in [6.45, 7) is 2.48. The average Bonchev–Trinajstić information content (AvgIpc) is 2.65. The lowest BCUT2D eigenvalue weighted by Crippen LogP contribution is -2.37. The average molecular weight is 368 g/mol. The van der Waals surface area contributed by atoms with Crippen LogP contribution in [0, 0.1) is 0 Å². The number of methoxy groups -OCH3 is 1. The number of ketones is 1. The number of hydrogen-bond acceptors (Lipinski definition) is 5. The van der Waals surface area contributed by atoms with Crippen molar-refractivity contribution in [3.05, 3.63) is 59.7 Å². The largest absolute Gasteiger partial charge is 0.465 e. The van der Waals surface area contributed by atoms with Crippen LogP contribution in [-0.4, -0.2) is 37.2 Å². The molecular formula is C20H20N2O5. The first-order valence-corrected chi connectivity index (χ1v) is 8.19. The quantitative estimate of drug-likeness (QED) is 0.625. The van der Waals surface area contributed by atoms with Gasteiger partial charge in [-0.2, -0.15) is 0 Å². The van der Waals surface area contributed by atoms with Crippen LogP contribution in [0.1, 0.15) is 34.6 Å². The third-order valence-corrected chi connectivity index (χ3v) is 3.85. The number of para-hydroxylation sites is 1. The van der Waals surface area contributed by atoms with E-state index in [1.807, 2.05) is 0 Å². The van der Waals surface area contributed by atoms with Gasteiger partial charge in [0.15, 0.2) is 5.78 Å². The molecule has 0 fully saturated rings. The Bertz CT molecular complexity index is 891. The van der Waals surface area contributed by atoms with Gasteiger partial charge in [0.2, 0.25) is 11.8 Å². The topological polar surface area (TPSA) is 92.8 Å². The Morgan fingerprint density at radius 2 is 1.70 bits per heavy atom. The highest BCUT2D eigenvalue weighted by Crippen LogP contribution is 2.19. The number of anilines is 2. The van der Waals surface area contributed by atoms with E-state index in [2.05, 4.69) is 5.32 Å². The number of carbonyl (C=O) groups is 4. The molecule has 1 N–H and O–H groups in total. The van der Waals surface area contributed by atoms with Gasteiger partial charge >= 0.3 is 5.97 Å². The monoisotopic (exact) mass is 368 g/mol. The molecule has 0 heterocycles. The zero-order valence-corrected chi connectivity index (χ0v) is 15.3. The van der Waals surface area contributed by atoms with Crippen LogP contribution in [0.3, 0.4) is 0 Å². The molecule has 2 aromatic carbocycles. The van der Waals surface area contributed by atoms with Crippen LogP contribution in [-0.2, 0) is 14.3 Å². The van der Waals surface area contributed by atoms with Crippen LogP contribution >= 0.6 is 0 Å². The number of benzene rings is 2. The Labute approximate surface area is 156 Å². The van der Waals surface area contributed by atoms with Crippen molar-refractivity contribution in [2.75, 3.05) is 23.9 Å². The maximum Gasteiger partial charge on any atom is 0.339 e. The van der Waals surface area contributed by atoms with Gasteiger partial charge in [0.05, 0.1) is 18.4 Å². The normalized spacial score (nSPS) is 10.0. The fourth-order valence-electron chi connectivity index (χ4n) is 2.49. The van der Waals surface area contributed by atoms with Crippen LogP contribution in [0.2, 0.25) is 0 Å². The molecule has 27 heavy (non-hydrogen) atoms. The number of nitrogens with one attached hydrogen (secondary N) is 1. The molecule has 7 heteroatoms. The Morgan fingerprint density at radius 1 is 1.00 bits per heavy atom. The van der Waals surface area contributed by atoms with Gasteiger partial charge in [-0.15, -0.1) is 0 Å². The van der Waals surface area contributed by atoms with Crippen molar-refractivity contribution in [3.8, 4) is 0 Å². The third kappa shape index (κ3) is 5.01. The van der Waals surface area contributed by atoms with E-state index in [9.17, 15) is 19.2 Å². The Morgan fingerprint density at radius 3 is 2.33 bits per heavy atom. The summed E-state index contributed by atoms with van der Waals surface area (Å²) >= 11 is 0. The first-order valence-electron chi connectivity index (χ1n) is 8.19. The number of hydrogen-bond donors (Lipinski definition) is 1. The van der Waals surface area contributed by atoms with E-state index in [1.165, 1.54) is 31.9 Å². The SMILES string of the molecule is COC(=O)c1ccccc1NC(=O)CN(C(C)=O)c1cccc(C(C)=O)c1. The summed E-state index contributed by atoms with van der Waals surface area (Å²) in [4.78, 5) is 49.1. The fourth-order valence-corrected chi connectivity index (χ4v) is 2.49. The zero-order chi connectivity index (χ0) is 20.0. The Balaban J connectivity index is 2.22. The minimum atomic E-state index is -0.580. The number of nitrogens with zero attached hydrogens (tertiary/aromatic N) is 1. The maximum atomic E-state index is 12.5. The van der Waals surface area contributed by atoms with Crippen LogP contribution < -0.4 is 10.2 Å². The smallest absolute Gasteiger partial charge is 0.339 e. The molecular weight excluding hydrogens is 348 g/mol. The van der Waals surface area contributed by atoms with Crippen LogP contribution in [0.4, 0.5) is 11.4 Å². The molecule has 0 bridgehead atoms. The van der Waals surface area contributed by atoms with Crippen molar-refractivity contribution < 1.29 is 23.9 Å². The summed E-state index contributed by atoms with van der Waals surface area (Å²) in [7, 11) is 1.25. The van der Waals surface area contributed by atoms with Gasteiger partial charge in [-0.05, 0) is 31.2 Å². The maximum absolute atomic E-state index is 12.5. The summed E-state index contributed by atoms with van der Waals surface area (Å²) in [5, 5.41) is 2.62. The van der Waals surface area contributed by atoms with E-state index >= 15 is 0 Å².